The van der Waals surface area contributed by atoms with Gasteiger partial charge in [0.05, 0.1) is 19.4 Å². The fourth-order valence-electron chi connectivity index (χ4n) is 4.30. The average Bonchev–Trinajstić information content (AvgIpc) is 3.17. The molecule has 2 aromatic heterocycles. The molecule has 28 heavy (non-hydrogen) atoms. The van der Waals surface area contributed by atoms with Crippen LogP contribution in [0.5, 0.6) is 0 Å². The van der Waals surface area contributed by atoms with Crippen LogP contribution in [0.4, 0.5) is 5.82 Å². The van der Waals surface area contributed by atoms with Crippen LogP contribution in [0, 0.1) is 0 Å². The molecule has 0 aromatic carbocycles. The number of pyridine rings is 1. The molecular formula is C21H32N6O. The molecule has 2 fully saturated rings. The number of aromatic amines is 1. The van der Waals surface area contributed by atoms with Crippen LogP contribution in [0.25, 0.3) is 0 Å². The minimum atomic E-state index is 0.530. The third kappa shape index (κ3) is 4.71. The van der Waals surface area contributed by atoms with Crippen LogP contribution >= 0.6 is 0 Å². The maximum atomic E-state index is 5.48. The summed E-state index contributed by atoms with van der Waals surface area (Å²) in [4.78, 5) is 11.5. The quantitative estimate of drug-likeness (QED) is 0.823. The van der Waals surface area contributed by atoms with Gasteiger partial charge >= 0.3 is 0 Å². The lowest BCUT2D eigenvalue weighted by molar-refractivity contribution is 0.0339. The third-order valence-corrected chi connectivity index (χ3v) is 5.84. The second-order valence-corrected chi connectivity index (χ2v) is 8.19. The lowest BCUT2D eigenvalue weighted by Crippen LogP contribution is -2.37. The smallest absolute Gasteiger partial charge is 0.128 e. The van der Waals surface area contributed by atoms with Crippen molar-refractivity contribution in [3.63, 3.8) is 0 Å². The highest BCUT2D eigenvalue weighted by Gasteiger charge is 2.25. The van der Waals surface area contributed by atoms with Crippen molar-refractivity contribution in [2.24, 2.45) is 0 Å². The molecular weight excluding hydrogens is 352 g/mol. The number of hydrogen-bond donors (Lipinski definition) is 1. The molecule has 2 saturated heterocycles. The minimum absolute atomic E-state index is 0.530. The molecule has 0 radical (unpaired) electrons. The first-order chi connectivity index (χ1) is 13.7. The molecule has 0 amide bonds. The molecule has 152 valence electrons. The molecule has 7 nitrogen and oxygen atoms in total. The lowest BCUT2D eigenvalue weighted by Gasteiger charge is -2.33. The van der Waals surface area contributed by atoms with Gasteiger partial charge in [0.2, 0.25) is 0 Å². The van der Waals surface area contributed by atoms with Gasteiger partial charge in [-0.3, -0.25) is 14.9 Å². The number of piperidine rings is 1. The van der Waals surface area contributed by atoms with Crippen molar-refractivity contribution in [2.45, 2.75) is 31.8 Å². The van der Waals surface area contributed by atoms with E-state index in [4.69, 9.17) is 4.74 Å². The maximum absolute atomic E-state index is 5.48. The molecule has 0 aliphatic carbocycles. The Morgan fingerprint density at radius 2 is 2.04 bits per heavy atom. The van der Waals surface area contributed by atoms with Crippen LogP contribution in [-0.2, 0) is 17.8 Å². The zero-order chi connectivity index (χ0) is 19.3. The van der Waals surface area contributed by atoms with Gasteiger partial charge in [-0.05, 0) is 37.1 Å². The van der Waals surface area contributed by atoms with Gasteiger partial charge in [0.15, 0.2) is 0 Å². The fourth-order valence-corrected chi connectivity index (χ4v) is 4.30. The highest BCUT2D eigenvalue weighted by molar-refractivity contribution is 5.39. The minimum Gasteiger partial charge on any atom is -0.379 e. The highest BCUT2D eigenvalue weighted by atomic mass is 16.5. The number of nitrogens with one attached hydrogen (secondary N) is 1. The Labute approximate surface area is 167 Å². The van der Waals surface area contributed by atoms with Crippen LogP contribution in [0.1, 0.15) is 35.6 Å². The van der Waals surface area contributed by atoms with Crippen molar-refractivity contribution in [2.75, 3.05) is 58.4 Å². The number of likely N-dealkylation sites (tertiary alicyclic amines) is 1. The van der Waals surface area contributed by atoms with E-state index in [1.165, 1.54) is 29.7 Å². The molecule has 0 saturated carbocycles. The third-order valence-electron chi connectivity index (χ3n) is 5.84. The van der Waals surface area contributed by atoms with E-state index in [0.717, 1.165) is 58.3 Å². The molecule has 1 atom stereocenters. The molecule has 0 bridgehead atoms. The number of nitrogens with zero attached hydrogens (tertiary/aromatic N) is 5. The number of ether oxygens (including phenoxy) is 1. The largest absolute Gasteiger partial charge is 0.379 e. The normalized spacial score (nSPS) is 21.7. The second-order valence-electron chi connectivity index (χ2n) is 8.19. The van der Waals surface area contributed by atoms with Crippen LogP contribution in [-0.4, -0.2) is 78.5 Å². The molecule has 2 aromatic rings. The van der Waals surface area contributed by atoms with E-state index >= 15 is 0 Å². The molecule has 4 heterocycles. The van der Waals surface area contributed by atoms with Gasteiger partial charge in [0.1, 0.15) is 5.82 Å². The molecule has 0 unspecified atom stereocenters. The molecule has 4 rings (SSSR count). The van der Waals surface area contributed by atoms with Gasteiger partial charge in [0, 0.05) is 70.2 Å². The first-order valence-corrected chi connectivity index (χ1v) is 10.4. The van der Waals surface area contributed by atoms with Crippen LogP contribution in [0.3, 0.4) is 0 Å². The number of morpholine rings is 1. The van der Waals surface area contributed by atoms with Crippen molar-refractivity contribution in [1.82, 2.24) is 25.0 Å². The van der Waals surface area contributed by atoms with E-state index in [1.807, 2.05) is 26.5 Å². The van der Waals surface area contributed by atoms with E-state index in [-0.39, 0.29) is 0 Å². The molecule has 2 aliphatic rings. The van der Waals surface area contributed by atoms with Gasteiger partial charge in [-0.25, -0.2) is 4.98 Å². The van der Waals surface area contributed by atoms with E-state index < -0.39 is 0 Å². The van der Waals surface area contributed by atoms with Crippen molar-refractivity contribution < 1.29 is 4.74 Å². The summed E-state index contributed by atoms with van der Waals surface area (Å²) < 4.78 is 5.48. The SMILES string of the molecule is CN(C)c1cc(CN2CCC[C@H](c3[nH]ncc3CN3CCOCC3)C2)ccn1. The van der Waals surface area contributed by atoms with Gasteiger partial charge in [-0.15, -0.1) is 0 Å². The number of rotatable bonds is 6. The monoisotopic (exact) mass is 384 g/mol. The Balaban J connectivity index is 1.40. The highest BCUT2D eigenvalue weighted by Crippen LogP contribution is 2.29. The summed E-state index contributed by atoms with van der Waals surface area (Å²) >= 11 is 0. The summed E-state index contributed by atoms with van der Waals surface area (Å²) in [5, 5.41) is 7.71. The molecule has 7 heteroatoms. The van der Waals surface area contributed by atoms with Crippen molar-refractivity contribution in [3.8, 4) is 0 Å². The first kappa shape index (κ1) is 19.4. The van der Waals surface area contributed by atoms with E-state index in [1.54, 1.807) is 0 Å². The average molecular weight is 385 g/mol. The summed E-state index contributed by atoms with van der Waals surface area (Å²) in [5.41, 5.74) is 4.02. The summed E-state index contributed by atoms with van der Waals surface area (Å²) in [6.07, 6.45) is 6.40. The summed E-state index contributed by atoms with van der Waals surface area (Å²) in [6.45, 7) is 7.89. The van der Waals surface area contributed by atoms with E-state index in [9.17, 15) is 0 Å². The van der Waals surface area contributed by atoms with Gasteiger partial charge in [-0.1, -0.05) is 0 Å². The van der Waals surface area contributed by atoms with Crippen LogP contribution in [0.2, 0.25) is 0 Å². The number of H-pyrrole nitrogens is 1. The summed E-state index contributed by atoms with van der Waals surface area (Å²) in [5.74, 6) is 1.55. The fraction of sp³-hybridized carbons (Fsp3) is 0.619. The summed E-state index contributed by atoms with van der Waals surface area (Å²) in [6, 6.07) is 4.33. The maximum Gasteiger partial charge on any atom is 0.128 e. The van der Waals surface area contributed by atoms with Gasteiger partial charge in [0.25, 0.3) is 0 Å². The van der Waals surface area contributed by atoms with Gasteiger partial charge < -0.3 is 9.64 Å². The summed E-state index contributed by atoms with van der Waals surface area (Å²) in [7, 11) is 4.08. The van der Waals surface area contributed by atoms with E-state index in [2.05, 4.69) is 42.0 Å². The number of anilines is 1. The predicted molar refractivity (Wildman–Crippen MR) is 110 cm³/mol. The molecule has 0 spiro atoms. The van der Waals surface area contributed by atoms with Gasteiger partial charge in [-0.2, -0.15) is 5.10 Å². The van der Waals surface area contributed by atoms with Crippen LogP contribution in [0.15, 0.2) is 24.5 Å². The Morgan fingerprint density at radius 3 is 2.86 bits per heavy atom. The van der Waals surface area contributed by atoms with Crippen molar-refractivity contribution >= 4 is 5.82 Å². The van der Waals surface area contributed by atoms with Crippen molar-refractivity contribution in [1.29, 1.82) is 0 Å². The number of aromatic nitrogens is 3. The van der Waals surface area contributed by atoms with E-state index in [0.29, 0.717) is 5.92 Å². The standard InChI is InChI=1S/C21H32N6O/c1-25(2)20-12-17(5-6-22-20)14-27-7-3-4-18(15-27)21-19(13-23-24-21)16-26-8-10-28-11-9-26/h5-6,12-13,18H,3-4,7-11,14-16H2,1-2H3,(H,23,24)/t18-/m0/s1. The second kappa shape index (κ2) is 9.03. The topological polar surface area (TPSA) is 60.5 Å². The Kier molecular flexibility index (Phi) is 6.24. The van der Waals surface area contributed by atoms with Crippen molar-refractivity contribution in [3.05, 3.63) is 41.3 Å². The zero-order valence-corrected chi connectivity index (χ0v) is 17.1. The lowest BCUT2D eigenvalue weighted by atomic mass is 9.92. The zero-order valence-electron chi connectivity index (χ0n) is 17.1. The molecule has 1 N–H and O–H groups in total. The number of hydrogen-bond acceptors (Lipinski definition) is 6. The molecule has 2 aliphatic heterocycles. The van der Waals surface area contributed by atoms with Crippen LogP contribution < -0.4 is 4.90 Å². The Morgan fingerprint density at radius 1 is 1.18 bits per heavy atom. The predicted octanol–water partition coefficient (Wildman–Crippen LogP) is 2.08. The first-order valence-electron chi connectivity index (χ1n) is 10.4. The Bertz CT molecular complexity index is 755. The Hall–Kier alpha value is -1.96.